The van der Waals surface area contributed by atoms with Gasteiger partial charge in [-0.05, 0) is 37.9 Å². The topological polar surface area (TPSA) is 38.9 Å². The Kier molecular flexibility index (Phi) is 2.25. The van der Waals surface area contributed by atoms with Crippen LogP contribution in [0.5, 0.6) is 0 Å². The third kappa shape index (κ3) is 1.46. The van der Waals surface area contributed by atoms with Crippen molar-refractivity contribution in [2.75, 3.05) is 5.73 Å². The molecular weight excluding hydrogens is 267 g/mol. The number of pyridine rings is 1. The molecule has 0 aliphatic rings. The molecule has 1 aromatic heterocycles. The quantitative estimate of drug-likeness (QED) is 0.735. The summed E-state index contributed by atoms with van der Waals surface area (Å²) in [5.41, 5.74) is 5.27. The van der Waals surface area contributed by atoms with Crippen LogP contribution in [0.2, 0.25) is 0 Å². The van der Waals surface area contributed by atoms with Gasteiger partial charge < -0.3 is 5.73 Å². The van der Waals surface area contributed by atoms with Gasteiger partial charge in [-0.3, -0.25) is 0 Å². The van der Waals surface area contributed by atoms with Crippen LogP contribution < -0.4 is 5.73 Å². The largest absolute Gasteiger partial charge is 0.383 e. The summed E-state index contributed by atoms with van der Waals surface area (Å²) >= 11 is 6.05. The molecule has 10 heavy (non-hydrogen) atoms. The van der Waals surface area contributed by atoms with E-state index in [-0.39, 0.29) is 5.82 Å². The van der Waals surface area contributed by atoms with Crippen molar-refractivity contribution in [1.29, 1.82) is 0 Å². The van der Waals surface area contributed by atoms with E-state index in [2.05, 4.69) is 36.8 Å². The summed E-state index contributed by atoms with van der Waals surface area (Å²) in [6, 6.07) is 1.51. The third-order valence-electron chi connectivity index (χ3n) is 0.914. The number of rotatable bonds is 0. The Balaban J connectivity index is 3.28. The van der Waals surface area contributed by atoms with Crippen molar-refractivity contribution in [1.82, 2.24) is 4.98 Å². The van der Waals surface area contributed by atoms with Crippen LogP contribution in [0.3, 0.4) is 0 Å². The Morgan fingerprint density at radius 1 is 1.40 bits per heavy atom. The molecule has 2 nitrogen and oxygen atoms in total. The Morgan fingerprint density at radius 3 is 2.50 bits per heavy atom. The van der Waals surface area contributed by atoms with Gasteiger partial charge in [-0.15, -0.1) is 0 Å². The van der Waals surface area contributed by atoms with Crippen LogP contribution in [-0.4, -0.2) is 4.98 Å². The molecule has 0 bridgehead atoms. The first-order chi connectivity index (χ1) is 4.61. The Hall–Kier alpha value is -0.160. The number of hydrogen-bond donors (Lipinski definition) is 1. The molecule has 1 aromatic rings. The second kappa shape index (κ2) is 2.84. The van der Waals surface area contributed by atoms with Crippen molar-refractivity contribution >= 4 is 37.7 Å². The van der Waals surface area contributed by atoms with Crippen molar-refractivity contribution in [3.05, 3.63) is 21.0 Å². The molecular formula is C5H3Br2FN2. The second-order valence-corrected chi connectivity index (χ2v) is 3.34. The highest BCUT2D eigenvalue weighted by atomic mass is 79.9. The Labute approximate surface area is 73.9 Å². The number of anilines is 1. The first kappa shape index (κ1) is 7.94. The first-order valence-corrected chi connectivity index (χ1v) is 3.97. The van der Waals surface area contributed by atoms with E-state index in [4.69, 9.17) is 5.73 Å². The van der Waals surface area contributed by atoms with E-state index in [1.165, 1.54) is 6.07 Å². The van der Waals surface area contributed by atoms with Crippen molar-refractivity contribution < 1.29 is 4.39 Å². The Morgan fingerprint density at radius 2 is 2.00 bits per heavy atom. The number of halogens is 3. The van der Waals surface area contributed by atoms with Crippen LogP contribution in [0, 0.1) is 5.95 Å². The maximum Gasteiger partial charge on any atom is 0.229 e. The standard InChI is InChI=1S/C5H3Br2FN2/c6-2-1-3(7)5(9)10-4(2)8/h1H,(H2,9,10). The Bertz CT molecular complexity index is 214. The molecule has 5 heteroatoms. The minimum atomic E-state index is -0.597. The van der Waals surface area contributed by atoms with Gasteiger partial charge in [0, 0.05) is 0 Å². The fraction of sp³-hybridized carbons (Fsp3) is 0. The maximum absolute atomic E-state index is 12.5. The first-order valence-electron chi connectivity index (χ1n) is 2.38. The van der Waals surface area contributed by atoms with Gasteiger partial charge in [-0.25, -0.2) is 4.98 Å². The van der Waals surface area contributed by atoms with Gasteiger partial charge in [0.1, 0.15) is 5.82 Å². The predicted octanol–water partition coefficient (Wildman–Crippen LogP) is 2.33. The summed E-state index contributed by atoms with van der Waals surface area (Å²) in [7, 11) is 0. The molecule has 54 valence electrons. The average Bonchev–Trinajstić information content (AvgIpc) is 1.84. The van der Waals surface area contributed by atoms with Crippen molar-refractivity contribution in [2.45, 2.75) is 0 Å². The zero-order valence-corrected chi connectivity index (χ0v) is 7.91. The number of nitrogens with two attached hydrogens (primary N) is 1. The smallest absolute Gasteiger partial charge is 0.229 e. The SMILES string of the molecule is Nc1nc(F)c(Br)cc1Br. The maximum atomic E-state index is 12.5. The van der Waals surface area contributed by atoms with Crippen molar-refractivity contribution in [2.24, 2.45) is 0 Å². The number of hydrogen-bond acceptors (Lipinski definition) is 2. The van der Waals surface area contributed by atoms with Crippen LogP contribution in [0.25, 0.3) is 0 Å². The van der Waals surface area contributed by atoms with E-state index in [0.29, 0.717) is 8.95 Å². The fourth-order valence-electron chi connectivity index (χ4n) is 0.457. The summed E-state index contributed by atoms with van der Waals surface area (Å²) in [4.78, 5) is 3.39. The summed E-state index contributed by atoms with van der Waals surface area (Å²) in [6.07, 6.45) is 0. The van der Waals surface area contributed by atoms with Gasteiger partial charge in [0.25, 0.3) is 0 Å². The summed E-state index contributed by atoms with van der Waals surface area (Å²) in [6.45, 7) is 0. The molecule has 0 unspecified atom stereocenters. The van der Waals surface area contributed by atoms with Gasteiger partial charge in [0.05, 0.1) is 8.95 Å². The van der Waals surface area contributed by atoms with Crippen LogP contribution in [0.15, 0.2) is 15.0 Å². The fourth-order valence-corrected chi connectivity index (χ4v) is 1.40. The third-order valence-corrected chi connectivity index (χ3v) is 2.11. The molecule has 0 amide bonds. The molecule has 0 radical (unpaired) electrons. The van der Waals surface area contributed by atoms with Gasteiger partial charge in [0.15, 0.2) is 0 Å². The number of nitrogen functional groups attached to an aromatic ring is 1. The lowest BCUT2D eigenvalue weighted by Gasteiger charge is -1.97. The number of aromatic nitrogens is 1. The molecule has 0 saturated carbocycles. The summed E-state index contributed by atoms with van der Waals surface area (Å²) in [5.74, 6) is -0.443. The van der Waals surface area contributed by atoms with Crippen molar-refractivity contribution in [3.8, 4) is 0 Å². The monoisotopic (exact) mass is 268 g/mol. The van der Waals surface area contributed by atoms with E-state index < -0.39 is 5.95 Å². The number of nitrogens with zero attached hydrogens (tertiary/aromatic N) is 1. The van der Waals surface area contributed by atoms with Crippen molar-refractivity contribution in [3.63, 3.8) is 0 Å². The van der Waals surface area contributed by atoms with E-state index in [1.807, 2.05) is 0 Å². The highest BCUT2D eigenvalue weighted by Gasteiger charge is 2.03. The lowest BCUT2D eigenvalue weighted by Crippen LogP contribution is -1.94. The second-order valence-electron chi connectivity index (χ2n) is 1.63. The highest BCUT2D eigenvalue weighted by molar-refractivity contribution is 9.11. The minimum Gasteiger partial charge on any atom is -0.383 e. The van der Waals surface area contributed by atoms with Gasteiger partial charge in [-0.2, -0.15) is 4.39 Å². The molecule has 0 aliphatic heterocycles. The average molecular weight is 270 g/mol. The van der Waals surface area contributed by atoms with E-state index >= 15 is 0 Å². The van der Waals surface area contributed by atoms with Gasteiger partial charge >= 0.3 is 0 Å². The van der Waals surface area contributed by atoms with Crippen LogP contribution in [-0.2, 0) is 0 Å². The molecule has 1 rings (SSSR count). The molecule has 0 saturated heterocycles. The summed E-state index contributed by atoms with van der Waals surface area (Å²) in [5, 5.41) is 0. The molecule has 0 atom stereocenters. The molecule has 0 aliphatic carbocycles. The van der Waals surface area contributed by atoms with Crippen LogP contribution in [0.4, 0.5) is 10.2 Å². The van der Waals surface area contributed by atoms with E-state index in [0.717, 1.165) is 0 Å². The molecule has 2 N–H and O–H groups in total. The van der Waals surface area contributed by atoms with Gasteiger partial charge in [-0.1, -0.05) is 0 Å². The zero-order chi connectivity index (χ0) is 7.72. The lowest BCUT2D eigenvalue weighted by atomic mass is 10.5. The zero-order valence-electron chi connectivity index (χ0n) is 4.74. The van der Waals surface area contributed by atoms with E-state index in [9.17, 15) is 4.39 Å². The predicted molar refractivity (Wildman–Crippen MR) is 44.0 cm³/mol. The van der Waals surface area contributed by atoms with E-state index in [1.54, 1.807) is 0 Å². The molecule has 1 heterocycles. The van der Waals surface area contributed by atoms with Gasteiger partial charge in [0.2, 0.25) is 5.95 Å². The summed E-state index contributed by atoms with van der Waals surface area (Å²) < 4.78 is 13.4. The molecule has 0 fully saturated rings. The van der Waals surface area contributed by atoms with Crippen LogP contribution in [0.1, 0.15) is 0 Å². The molecule has 0 aromatic carbocycles. The minimum absolute atomic E-state index is 0.153. The highest BCUT2D eigenvalue weighted by Crippen LogP contribution is 2.23. The normalized spacial score (nSPS) is 9.90. The lowest BCUT2D eigenvalue weighted by molar-refractivity contribution is 0.578. The molecule has 0 spiro atoms. The van der Waals surface area contributed by atoms with Crippen LogP contribution >= 0.6 is 31.9 Å².